The fourth-order valence-electron chi connectivity index (χ4n) is 1.80. The summed E-state index contributed by atoms with van der Waals surface area (Å²) in [6.45, 7) is 1.65. The number of hydrogen-bond donors (Lipinski definition) is 2. The normalized spacial score (nSPS) is 13.4. The summed E-state index contributed by atoms with van der Waals surface area (Å²) in [4.78, 5) is 0. The third-order valence-electron chi connectivity index (χ3n) is 2.77. The van der Waals surface area contributed by atoms with E-state index in [1.165, 1.54) is 28.5 Å². The number of hydrogen-bond acceptors (Lipinski definition) is 5. The van der Waals surface area contributed by atoms with Crippen LogP contribution in [0.4, 0.5) is 13.2 Å². The van der Waals surface area contributed by atoms with E-state index in [2.05, 4.69) is 10.2 Å². The molecule has 0 aliphatic carbocycles. The van der Waals surface area contributed by atoms with Gasteiger partial charge in [0.2, 0.25) is 0 Å². The molecule has 1 atom stereocenters. The second-order valence-electron chi connectivity index (χ2n) is 4.65. The van der Waals surface area contributed by atoms with E-state index < -0.39 is 17.8 Å². The van der Waals surface area contributed by atoms with Crippen LogP contribution in [0.25, 0.3) is 5.69 Å². The average Bonchev–Trinajstić information content (AvgIpc) is 2.87. The summed E-state index contributed by atoms with van der Waals surface area (Å²) in [6.07, 6.45) is -5.00. The summed E-state index contributed by atoms with van der Waals surface area (Å²) in [5.74, 6) is 0.703. The van der Waals surface area contributed by atoms with E-state index in [1.807, 2.05) is 0 Å². The molecule has 1 heterocycles. The Bertz CT molecular complexity index is 642. The monoisotopic (exact) mass is 332 g/mol. The van der Waals surface area contributed by atoms with Crippen molar-refractivity contribution in [2.75, 3.05) is 5.75 Å². The number of aliphatic hydroxyl groups excluding tert-OH is 1. The molecule has 3 N–H and O–H groups in total. The number of rotatable bonds is 5. The third-order valence-corrected chi connectivity index (χ3v) is 3.94. The minimum absolute atomic E-state index is 0.0402. The molecule has 9 heteroatoms. The van der Waals surface area contributed by atoms with Crippen LogP contribution < -0.4 is 5.73 Å². The summed E-state index contributed by atoms with van der Waals surface area (Å²) < 4.78 is 40.0. The van der Waals surface area contributed by atoms with E-state index in [4.69, 9.17) is 5.73 Å². The molecule has 0 bridgehead atoms. The van der Waals surface area contributed by atoms with Gasteiger partial charge in [-0.05, 0) is 25.1 Å². The highest BCUT2D eigenvalue weighted by Gasteiger charge is 2.31. The highest BCUT2D eigenvalue weighted by atomic mass is 32.2. The number of alkyl halides is 3. The fraction of sp³-hybridized carbons (Fsp3) is 0.385. The van der Waals surface area contributed by atoms with Crippen molar-refractivity contribution in [3.05, 3.63) is 35.7 Å². The molecule has 0 aliphatic heterocycles. The maximum absolute atomic E-state index is 12.8. The van der Waals surface area contributed by atoms with Gasteiger partial charge in [0.05, 0.1) is 23.9 Å². The Hall–Kier alpha value is -1.58. The number of halogens is 3. The van der Waals surface area contributed by atoms with E-state index in [0.29, 0.717) is 16.7 Å². The molecule has 120 valence electrons. The Kier molecular flexibility index (Phi) is 5.09. The zero-order chi connectivity index (χ0) is 16.3. The van der Waals surface area contributed by atoms with Crippen molar-refractivity contribution < 1.29 is 18.3 Å². The van der Waals surface area contributed by atoms with Crippen molar-refractivity contribution in [1.29, 1.82) is 0 Å². The predicted octanol–water partition coefficient (Wildman–Crippen LogP) is 2.22. The fourth-order valence-corrected chi connectivity index (χ4v) is 2.63. The van der Waals surface area contributed by atoms with Gasteiger partial charge < -0.3 is 10.8 Å². The Balaban J connectivity index is 2.44. The minimum Gasteiger partial charge on any atom is -0.393 e. The van der Waals surface area contributed by atoms with Crippen molar-refractivity contribution >= 4 is 11.8 Å². The lowest BCUT2D eigenvalue weighted by molar-refractivity contribution is -0.137. The van der Waals surface area contributed by atoms with Gasteiger partial charge in [-0.1, -0.05) is 17.8 Å². The van der Waals surface area contributed by atoms with Crippen molar-refractivity contribution in [3.63, 3.8) is 0 Å². The van der Waals surface area contributed by atoms with Crippen LogP contribution in [0.3, 0.4) is 0 Å². The van der Waals surface area contributed by atoms with E-state index in [-0.39, 0.29) is 12.2 Å². The molecule has 0 unspecified atom stereocenters. The van der Waals surface area contributed by atoms with Crippen LogP contribution in [0.15, 0.2) is 29.4 Å². The standard InChI is InChI=1S/C13H15F3N4OS/c1-8(21)7-22-12-19-18-11(6-17)20(12)10-4-2-3-9(5-10)13(14,15)16/h2-5,8,21H,6-7,17H2,1H3/t8-/m0/s1. The molecule has 0 fully saturated rings. The number of aromatic nitrogens is 3. The maximum atomic E-state index is 12.8. The molecule has 0 saturated carbocycles. The molecule has 0 radical (unpaired) electrons. The van der Waals surface area contributed by atoms with Crippen LogP contribution in [0, 0.1) is 0 Å². The van der Waals surface area contributed by atoms with E-state index in [1.54, 1.807) is 6.92 Å². The lowest BCUT2D eigenvalue weighted by Gasteiger charge is -2.12. The maximum Gasteiger partial charge on any atom is 0.416 e. The van der Waals surface area contributed by atoms with Crippen molar-refractivity contribution in [2.45, 2.75) is 30.9 Å². The van der Waals surface area contributed by atoms with Gasteiger partial charge in [-0.2, -0.15) is 13.2 Å². The lowest BCUT2D eigenvalue weighted by atomic mass is 10.2. The van der Waals surface area contributed by atoms with Crippen molar-refractivity contribution in [2.24, 2.45) is 5.73 Å². The number of benzene rings is 1. The van der Waals surface area contributed by atoms with Crippen LogP contribution in [0.1, 0.15) is 18.3 Å². The molecule has 2 rings (SSSR count). The molecular formula is C13H15F3N4OS. The van der Waals surface area contributed by atoms with Crippen LogP contribution in [0.5, 0.6) is 0 Å². The molecular weight excluding hydrogens is 317 g/mol. The molecule has 1 aromatic carbocycles. The highest BCUT2D eigenvalue weighted by Crippen LogP contribution is 2.31. The van der Waals surface area contributed by atoms with Crippen LogP contribution in [-0.2, 0) is 12.7 Å². The average molecular weight is 332 g/mol. The third kappa shape index (κ3) is 3.79. The summed E-state index contributed by atoms with van der Waals surface area (Å²) in [5, 5.41) is 17.5. The van der Waals surface area contributed by atoms with Gasteiger partial charge in [-0.15, -0.1) is 10.2 Å². The van der Waals surface area contributed by atoms with Crippen LogP contribution >= 0.6 is 11.8 Å². The molecule has 0 amide bonds. The van der Waals surface area contributed by atoms with E-state index >= 15 is 0 Å². The summed E-state index contributed by atoms with van der Waals surface area (Å²) in [6, 6.07) is 4.87. The largest absolute Gasteiger partial charge is 0.416 e. The molecule has 0 saturated heterocycles. The zero-order valence-corrected chi connectivity index (χ0v) is 12.5. The van der Waals surface area contributed by atoms with Crippen LogP contribution in [0.2, 0.25) is 0 Å². The summed E-state index contributed by atoms with van der Waals surface area (Å²) >= 11 is 1.20. The molecule has 1 aromatic heterocycles. The van der Waals surface area contributed by atoms with E-state index in [0.717, 1.165) is 12.1 Å². The number of aliphatic hydroxyl groups is 1. The highest BCUT2D eigenvalue weighted by molar-refractivity contribution is 7.99. The first-order valence-electron chi connectivity index (χ1n) is 6.45. The summed E-state index contributed by atoms with van der Waals surface area (Å²) in [7, 11) is 0. The molecule has 5 nitrogen and oxygen atoms in total. The van der Waals surface area contributed by atoms with Crippen molar-refractivity contribution in [3.8, 4) is 5.69 Å². The second-order valence-corrected chi connectivity index (χ2v) is 5.63. The first-order chi connectivity index (χ1) is 10.3. The van der Waals surface area contributed by atoms with Gasteiger partial charge in [0.25, 0.3) is 0 Å². The number of nitrogens with two attached hydrogens (primary N) is 1. The Morgan fingerprint density at radius 3 is 2.68 bits per heavy atom. The molecule has 22 heavy (non-hydrogen) atoms. The molecule has 0 spiro atoms. The zero-order valence-electron chi connectivity index (χ0n) is 11.7. The SMILES string of the molecule is C[C@H](O)CSc1nnc(CN)n1-c1cccc(C(F)(F)F)c1. The van der Waals surface area contributed by atoms with Gasteiger partial charge in [-0.25, -0.2) is 0 Å². The summed E-state index contributed by atoms with van der Waals surface area (Å²) in [5.41, 5.74) is 5.11. The van der Waals surface area contributed by atoms with Gasteiger partial charge in [-0.3, -0.25) is 4.57 Å². The van der Waals surface area contributed by atoms with Crippen LogP contribution in [-0.4, -0.2) is 31.7 Å². The predicted molar refractivity (Wildman–Crippen MR) is 76.7 cm³/mol. The van der Waals surface area contributed by atoms with E-state index in [9.17, 15) is 18.3 Å². The molecule has 0 aliphatic rings. The smallest absolute Gasteiger partial charge is 0.393 e. The molecule has 2 aromatic rings. The minimum atomic E-state index is -4.43. The number of thioether (sulfide) groups is 1. The Labute approximate surface area is 129 Å². The number of nitrogens with zero attached hydrogens (tertiary/aromatic N) is 3. The lowest BCUT2D eigenvalue weighted by Crippen LogP contribution is -2.11. The van der Waals surface area contributed by atoms with Gasteiger partial charge in [0, 0.05) is 5.75 Å². The topological polar surface area (TPSA) is 77.0 Å². The Morgan fingerprint density at radius 1 is 1.36 bits per heavy atom. The van der Waals surface area contributed by atoms with Gasteiger partial charge in [0.15, 0.2) is 11.0 Å². The Morgan fingerprint density at radius 2 is 2.09 bits per heavy atom. The first kappa shape index (κ1) is 16.8. The quantitative estimate of drug-likeness (QED) is 0.821. The van der Waals surface area contributed by atoms with Gasteiger partial charge >= 0.3 is 6.18 Å². The van der Waals surface area contributed by atoms with Gasteiger partial charge in [0.1, 0.15) is 0 Å². The van der Waals surface area contributed by atoms with Crippen molar-refractivity contribution in [1.82, 2.24) is 14.8 Å². The second kappa shape index (κ2) is 6.67. The first-order valence-corrected chi connectivity index (χ1v) is 7.44.